The van der Waals surface area contributed by atoms with Crippen LogP contribution in [0.5, 0.6) is 0 Å². The molecule has 6 nitrogen and oxygen atoms in total. The third kappa shape index (κ3) is 6.37. The second kappa shape index (κ2) is 11.1. The molecule has 1 aliphatic carbocycles. The molecule has 0 aliphatic heterocycles. The van der Waals surface area contributed by atoms with E-state index in [2.05, 4.69) is 29.5 Å². The minimum atomic E-state index is -0.321. The highest BCUT2D eigenvalue weighted by Crippen LogP contribution is 2.39. The molecule has 0 bridgehead atoms. The quantitative estimate of drug-likeness (QED) is 0.348. The SMILES string of the molecule is CCNC(=NCC1(C(=O)N(C)C)CCCC1)NCCc1ncc(C)s1.I. The molecule has 0 radical (unpaired) electrons. The van der Waals surface area contributed by atoms with Gasteiger partial charge in [-0.25, -0.2) is 4.98 Å². The van der Waals surface area contributed by atoms with Crippen LogP contribution in [-0.4, -0.2) is 55.5 Å². The Bertz CT molecular complexity index is 596. The number of aromatic nitrogens is 1. The molecule has 0 atom stereocenters. The third-order valence-corrected chi connectivity index (χ3v) is 5.58. The second-order valence-electron chi connectivity index (χ2n) is 6.92. The number of carbonyl (C=O) groups is 1. The molecule has 1 saturated carbocycles. The van der Waals surface area contributed by atoms with Gasteiger partial charge in [-0.2, -0.15) is 0 Å². The van der Waals surface area contributed by atoms with Gasteiger partial charge in [-0.3, -0.25) is 9.79 Å². The molecule has 2 N–H and O–H groups in total. The van der Waals surface area contributed by atoms with E-state index in [-0.39, 0.29) is 35.3 Å². The van der Waals surface area contributed by atoms with E-state index >= 15 is 0 Å². The monoisotopic (exact) mass is 493 g/mol. The van der Waals surface area contributed by atoms with Gasteiger partial charge < -0.3 is 15.5 Å². The Morgan fingerprint density at radius 3 is 2.58 bits per heavy atom. The Balaban J connectivity index is 0.00000338. The first kappa shape index (κ1) is 23.1. The first-order valence-corrected chi connectivity index (χ1v) is 9.94. The van der Waals surface area contributed by atoms with Gasteiger partial charge in [0.15, 0.2) is 5.96 Å². The highest BCUT2D eigenvalue weighted by Gasteiger charge is 2.41. The lowest BCUT2D eigenvalue weighted by Gasteiger charge is -2.29. The number of rotatable bonds is 7. The molecule has 1 aliphatic rings. The molecule has 8 heteroatoms. The van der Waals surface area contributed by atoms with Crippen LogP contribution in [0.1, 0.15) is 42.5 Å². The van der Waals surface area contributed by atoms with E-state index in [9.17, 15) is 4.79 Å². The van der Waals surface area contributed by atoms with E-state index in [4.69, 9.17) is 4.99 Å². The van der Waals surface area contributed by atoms with Crippen LogP contribution < -0.4 is 10.6 Å². The third-order valence-electron chi connectivity index (χ3n) is 4.61. The molecule has 1 heterocycles. The van der Waals surface area contributed by atoms with Crippen molar-refractivity contribution < 1.29 is 4.79 Å². The Morgan fingerprint density at radius 1 is 1.35 bits per heavy atom. The van der Waals surface area contributed by atoms with Gasteiger partial charge in [0.05, 0.1) is 17.0 Å². The Morgan fingerprint density at radius 2 is 2.04 bits per heavy atom. The maximum atomic E-state index is 12.6. The molecular weight excluding hydrogens is 461 g/mol. The summed E-state index contributed by atoms with van der Waals surface area (Å²) >= 11 is 1.73. The lowest BCUT2D eigenvalue weighted by atomic mass is 9.85. The molecule has 0 aromatic carbocycles. The first-order chi connectivity index (χ1) is 12.0. The fourth-order valence-electron chi connectivity index (χ4n) is 3.34. The van der Waals surface area contributed by atoms with Crippen molar-refractivity contribution in [2.75, 3.05) is 33.7 Å². The summed E-state index contributed by atoms with van der Waals surface area (Å²) in [6.45, 7) is 6.26. The van der Waals surface area contributed by atoms with Crippen molar-refractivity contribution in [3.8, 4) is 0 Å². The molecule has 0 saturated heterocycles. The van der Waals surface area contributed by atoms with Crippen LogP contribution in [0.3, 0.4) is 0 Å². The van der Waals surface area contributed by atoms with E-state index in [1.165, 1.54) is 4.88 Å². The molecule has 148 valence electrons. The van der Waals surface area contributed by atoms with E-state index in [0.717, 1.165) is 56.2 Å². The van der Waals surface area contributed by atoms with Crippen LogP contribution in [0.2, 0.25) is 0 Å². The van der Waals surface area contributed by atoms with Crippen LogP contribution in [-0.2, 0) is 11.2 Å². The van der Waals surface area contributed by atoms with Crippen molar-refractivity contribution >= 4 is 47.2 Å². The summed E-state index contributed by atoms with van der Waals surface area (Å²) in [5.41, 5.74) is -0.321. The number of carbonyl (C=O) groups excluding carboxylic acids is 1. The summed E-state index contributed by atoms with van der Waals surface area (Å²) in [7, 11) is 3.68. The normalized spacial score (nSPS) is 16.1. The summed E-state index contributed by atoms with van der Waals surface area (Å²) in [6, 6.07) is 0. The number of thiazole rings is 1. The Kier molecular flexibility index (Phi) is 9.84. The molecular formula is C18H32IN5OS. The zero-order chi connectivity index (χ0) is 18.3. The number of halogens is 1. The maximum Gasteiger partial charge on any atom is 0.230 e. The molecule has 1 amide bonds. The molecule has 2 rings (SSSR count). The lowest BCUT2D eigenvalue weighted by Crippen LogP contribution is -2.43. The van der Waals surface area contributed by atoms with Gasteiger partial charge in [-0.1, -0.05) is 12.8 Å². The zero-order valence-electron chi connectivity index (χ0n) is 16.3. The lowest BCUT2D eigenvalue weighted by molar-refractivity contribution is -0.138. The Hall–Kier alpha value is -0.900. The van der Waals surface area contributed by atoms with E-state index in [1.807, 2.05) is 20.3 Å². The minimum absolute atomic E-state index is 0. The predicted octanol–water partition coefficient (Wildman–Crippen LogP) is 2.82. The molecule has 1 aromatic heterocycles. The summed E-state index contributed by atoms with van der Waals surface area (Å²) < 4.78 is 0. The number of nitrogens with zero attached hydrogens (tertiary/aromatic N) is 3. The minimum Gasteiger partial charge on any atom is -0.357 e. The predicted molar refractivity (Wildman–Crippen MR) is 120 cm³/mol. The van der Waals surface area contributed by atoms with Crippen molar-refractivity contribution in [3.63, 3.8) is 0 Å². The fourth-order valence-corrected chi connectivity index (χ4v) is 4.13. The number of hydrogen-bond acceptors (Lipinski definition) is 4. The van der Waals surface area contributed by atoms with Gasteiger partial charge >= 0.3 is 0 Å². The number of amides is 1. The first-order valence-electron chi connectivity index (χ1n) is 9.12. The summed E-state index contributed by atoms with van der Waals surface area (Å²) in [5, 5.41) is 7.78. The number of guanidine groups is 1. The van der Waals surface area contributed by atoms with Crippen molar-refractivity contribution in [3.05, 3.63) is 16.1 Å². The number of hydrogen-bond donors (Lipinski definition) is 2. The van der Waals surface area contributed by atoms with Crippen LogP contribution >= 0.6 is 35.3 Å². The Labute approximate surface area is 178 Å². The summed E-state index contributed by atoms with van der Waals surface area (Å²) in [6.07, 6.45) is 6.89. The van der Waals surface area contributed by atoms with Crippen molar-refractivity contribution in [2.24, 2.45) is 10.4 Å². The number of nitrogens with one attached hydrogen (secondary N) is 2. The maximum absolute atomic E-state index is 12.6. The van der Waals surface area contributed by atoms with Gasteiger partial charge in [0.25, 0.3) is 0 Å². The average molecular weight is 493 g/mol. The molecule has 0 unspecified atom stereocenters. The largest absolute Gasteiger partial charge is 0.357 e. The van der Waals surface area contributed by atoms with Crippen LogP contribution in [0, 0.1) is 12.3 Å². The van der Waals surface area contributed by atoms with Crippen LogP contribution in [0.15, 0.2) is 11.2 Å². The van der Waals surface area contributed by atoms with Crippen molar-refractivity contribution in [1.82, 2.24) is 20.5 Å². The van der Waals surface area contributed by atoms with Crippen LogP contribution in [0.25, 0.3) is 0 Å². The van der Waals surface area contributed by atoms with Gasteiger partial charge in [-0.15, -0.1) is 35.3 Å². The smallest absolute Gasteiger partial charge is 0.230 e. The van der Waals surface area contributed by atoms with E-state index < -0.39 is 0 Å². The molecule has 1 fully saturated rings. The van der Waals surface area contributed by atoms with Crippen molar-refractivity contribution in [1.29, 1.82) is 0 Å². The number of aryl methyl sites for hydroxylation is 1. The summed E-state index contributed by atoms with van der Waals surface area (Å²) in [5.74, 6) is 0.997. The zero-order valence-corrected chi connectivity index (χ0v) is 19.4. The summed E-state index contributed by atoms with van der Waals surface area (Å²) in [4.78, 5) is 24.7. The molecule has 1 aromatic rings. The topological polar surface area (TPSA) is 69.6 Å². The van der Waals surface area contributed by atoms with E-state index in [1.54, 1.807) is 16.2 Å². The molecule has 0 spiro atoms. The highest BCUT2D eigenvalue weighted by atomic mass is 127. The van der Waals surface area contributed by atoms with Crippen molar-refractivity contribution in [2.45, 2.75) is 46.0 Å². The van der Waals surface area contributed by atoms with Crippen LogP contribution in [0.4, 0.5) is 0 Å². The molecule has 26 heavy (non-hydrogen) atoms. The van der Waals surface area contributed by atoms with Gasteiger partial charge in [-0.05, 0) is 26.7 Å². The highest BCUT2D eigenvalue weighted by molar-refractivity contribution is 14.0. The van der Waals surface area contributed by atoms with E-state index in [0.29, 0.717) is 6.54 Å². The average Bonchev–Trinajstić information content (AvgIpc) is 3.22. The van der Waals surface area contributed by atoms with Gasteiger partial charge in [0, 0.05) is 44.7 Å². The van der Waals surface area contributed by atoms with Gasteiger partial charge in [0.1, 0.15) is 0 Å². The fraction of sp³-hybridized carbons (Fsp3) is 0.722. The standard InChI is InChI=1S/C18H31N5OS.HI/c1-5-19-17(20-11-8-15-21-12-14(2)25-15)22-13-18(9-6-7-10-18)16(24)23(3)4;/h12H,5-11,13H2,1-4H3,(H2,19,20,22);1H. The number of aliphatic imine (C=N–C) groups is 1. The second-order valence-corrected chi connectivity index (χ2v) is 8.24. The van der Waals surface area contributed by atoms with Gasteiger partial charge in [0.2, 0.25) is 5.91 Å².